The van der Waals surface area contributed by atoms with Gasteiger partial charge in [0, 0.05) is 30.2 Å². The topological polar surface area (TPSA) is 122 Å². The number of nitrogens with one attached hydrogen (secondary N) is 3. The van der Waals surface area contributed by atoms with E-state index in [2.05, 4.69) is 30.7 Å². The van der Waals surface area contributed by atoms with Crippen molar-refractivity contribution in [1.29, 1.82) is 0 Å². The molecule has 13 heteroatoms. The fourth-order valence-electron chi connectivity index (χ4n) is 2.27. The second-order valence-electron chi connectivity index (χ2n) is 6.28. The van der Waals surface area contributed by atoms with E-state index in [0.29, 0.717) is 24.5 Å². The van der Waals surface area contributed by atoms with Crippen LogP contribution in [0.15, 0.2) is 30.3 Å². The van der Waals surface area contributed by atoms with Gasteiger partial charge in [0.1, 0.15) is 21.4 Å². The fourth-order valence-corrected chi connectivity index (χ4v) is 2.94. The number of carbonyl (C=O) groups excluding carboxylic acids is 1. The molecule has 9 nitrogen and oxygen atoms in total. The smallest absolute Gasteiger partial charge is 0.406 e. The van der Waals surface area contributed by atoms with Gasteiger partial charge < -0.3 is 15.4 Å². The number of aromatic nitrogens is 2. The number of hydrogen-bond donors (Lipinski definition) is 3. The Labute approximate surface area is 171 Å². The SMILES string of the molecule is Cc1cc(NCCCS(C)(=O)=O)nc(NC(=O)Nc2ccc(OC(F)(F)F)cc2)n1. The number of anilines is 3. The van der Waals surface area contributed by atoms with E-state index in [9.17, 15) is 26.4 Å². The van der Waals surface area contributed by atoms with Crippen LogP contribution >= 0.6 is 0 Å². The summed E-state index contributed by atoms with van der Waals surface area (Å²) in [4.78, 5) is 20.3. The van der Waals surface area contributed by atoms with Crippen LogP contribution in [0.25, 0.3) is 0 Å². The Bertz CT molecular complexity index is 982. The Morgan fingerprint density at radius 1 is 1.13 bits per heavy atom. The lowest BCUT2D eigenvalue weighted by molar-refractivity contribution is -0.274. The van der Waals surface area contributed by atoms with Gasteiger partial charge >= 0.3 is 12.4 Å². The van der Waals surface area contributed by atoms with Gasteiger partial charge in [-0.05, 0) is 37.6 Å². The number of alkyl halides is 3. The molecule has 1 heterocycles. The molecular formula is C17H20F3N5O4S. The van der Waals surface area contributed by atoms with Crippen LogP contribution in [0.3, 0.4) is 0 Å². The van der Waals surface area contributed by atoms with Gasteiger partial charge in [0.05, 0.1) is 5.75 Å². The van der Waals surface area contributed by atoms with Crippen molar-refractivity contribution in [1.82, 2.24) is 9.97 Å². The first-order valence-electron chi connectivity index (χ1n) is 8.61. The summed E-state index contributed by atoms with van der Waals surface area (Å²) in [7, 11) is -3.05. The number of carbonyl (C=O) groups is 1. The molecule has 0 saturated carbocycles. The molecule has 2 amide bonds. The maximum atomic E-state index is 12.2. The molecule has 0 saturated heterocycles. The fraction of sp³-hybridized carbons (Fsp3) is 0.353. The highest BCUT2D eigenvalue weighted by Gasteiger charge is 2.30. The molecule has 1 aromatic heterocycles. The summed E-state index contributed by atoms with van der Waals surface area (Å²) in [5.74, 6) is 0.0156. The van der Waals surface area contributed by atoms with Crippen molar-refractivity contribution >= 4 is 33.3 Å². The summed E-state index contributed by atoms with van der Waals surface area (Å²) in [5.41, 5.74) is 0.786. The standard InChI is InChI=1S/C17H20F3N5O4S/c1-11-10-14(21-8-3-9-30(2,27)28)24-15(22-11)25-16(26)23-12-4-6-13(7-5-12)29-17(18,19)20/h4-7,10H,3,8-9H2,1-2H3,(H3,21,22,23,24,25,26). The molecule has 0 fully saturated rings. The number of halogens is 3. The van der Waals surface area contributed by atoms with Crippen LogP contribution in [-0.4, -0.2) is 49.3 Å². The van der Waals surface area contributed by atoms with E-state index in [4.69, 9.17) is 0 Å². The molecule has 1 aromatic carbocycles. The minimum Gasteiger partial charge on any atom is -0.406 e. The van der Waals surface area contributed by atoms with Crippen LogP contribution in [-0.2, 0) is 9.84 Å². The first kappa shape index (κ1) is 23.2. The van der Waals surface area contributed by atoms with Gasteiger partial charge in [-0.2, -0.15) is 4.98 Å². The van der Waals surface area contributed by atoms with Crippen molar-refractivity contribution in [3.8, 4) is 5.75 Å². The highest BCUT2D eigenvalue weighted by atomic mass is 32.2. The molecule has 0 radical (unpaired) electrons. The Hall–Kier alpha value is -3.09. The average molecular weight is 447 g/mol. The van der Waals surface area contributed by atoms with Crippen LogP contribution in [0.5, 0.6) is 5.75 Å². The quantitative estimate of drug-likeness (QED) is 0.531. The predicted molar refractivity (Wildman–Crippen MR) is 105 cm³/mol. The monoisotopic (exact) mass is 447 g/mol. The third kappa shape index (κ3) is 8.94. The van der Waals surface area contributed by atoms with E-state index in [0.717, 1.165) is 18.4 Å². The Kier molecular flexibility index (Phi) is 7.43. The second-order valence-corrected chi connectivity index (χ2v) is 8.54. The van der Waals surface area contributed by atoms with E-state index in [-0.39, 0.29) is 17.4 Å². The van der Waals surface area contributed by atoms with Gasteiger partial charge in [0.15, 0.2) is 0 Å². The van der Waals surface area contributed by atoms with Crippen LogP contribution in [0.2, 0.25) is 0 Å². The summed E-state index contributed by atoms with van der Waals surface area (Å²) < 4.78 is 62.5. The first-order chi connectivity index (χ1) is 13.9. The van der Waals surface area contributed by atoms with Gasteiger partial charge in [0.2, 0.25) is 5.95 Å². The third-order valence-electron chi connectivity index (χ3n) is 3.42. The van der Waals surface area contributed by atoms with Gasteiger partial charge in [-0.3, -0.25) is 5.32 Å². The number of hydrogen-bond acceptors (Lipinski definition) is 7. The Morgan fingerprint density at radius 2 is 1.80 bits per heavy atom. The Morgan fingerprint density at radius 3 is 2.40 bits per heavy atom. The van der Waals surface area contributed by atoms with Crippen LogP contribution in [0.4, 0.5) is 35.4 Å². The molecule has 2 aromatic rings. The molecule has 0 unspecified atom stereocenters. The second kappa shape index (κ2) is 9.61. The number of amides is 2. The van der Waals surface area contributed by atoms with Crippen molar-refractivity contribution in [2.45, 2.75) is 19.7 Å². The van der Waals surface area contributed by atoms with Gasteiger partial charge in [-0.15, -0.1) is 13.2 Å². The normalized spacial score (nSPS) is 11.6. The number of sulfone groups is 1. The van der Waals surface area contributed by atoms with Crippen molar-refractivity contribution < 1.29 is 31.1 Å². The number of benzene rings is 1. The number of nitrogens with zero attached hydrogens (tertiary/aromatic N) is 2. The molecule has 2 rings (SSSR count). The molecule has 0 aliphatic carbocycles. The number of ether oxygens (including phenoxy) is 1. The van der Waals surface area contributed by atoms with Gasteiger partial charge in [-0.1, -0.05) is 0 Å². The van der Waals surface area contributed by atoms with Crippen LogP contribution in [0, 0.1) is 6.92 Å². The van der Waals surface area contributed by atoms with E-state index in [1.807, 2.05) is 0 Å². The largest absolute Gasteiger partial charge is 0.573 e. The zero-order chi connectivity index (χ0) is 22.4. The molecular weight excluding hydrogens is 427 g/mol. The minimum atomic E-state index is -4.80. The summed E-state index contributed by atoms with van der Waals surface area (Å²) in [6.45, 7) is 2.05. The van der Waals surface area contributed by atoms with Gasteiger partial charge in [0.25, 0.3) is 0 Å². The Balaban J connectivity index is 1.92. The first-order valence-corrected chi connectivity index (χ1v) is 10.7. The van der Waals surface area contributed by atoms with E-state index < -0.39 is 28.0 Å². The highest BCUT2D eigenvalue weighted by molar-refractivity contribution is 7.90. The average Bonchev–Trinajstić information content (AvgIpc) is 2.58. The summed E-state index contributed by atoms with van der Waals surface area (Å²) in [6.07, 6.45) is -3.26. The molecule has 0 bridgehead atoms. The maximum absolute atomic E-state index is 12.2. The van der Waals surface area contributed by atoms with Crippen molar-refractivity contribution in [2.75, 3.05) is 34.5 Å². The molecule has 30 heavy (non-hydrogen) atoms. The summed E-state index contributed by atoms with van der Waals surface area (Å²) >= 11 is 0. The molecule has 0 spiro atoms. The zero-order valence-electron chi connectivity index (χ0n) is 16.1. The maximum Gasteiger partial charge on any atom is 0.573 e. The van der Waals surface area contributed by atoms with Crippen LogP contribution in [0.1, 0.15) is 12.1 Å². The number of urea groups is 1. The zero-order valence-corrected chi connectivity index (χ0v) is 16.9. The van der Waals surface area contributed by atoms with E-state index in [1.54, 1.807) is 13.0 Å². The van der Waals surface area contributed by atoms with Crippen molar-refractivity contribution in [3.05, 3.63) is 36.0 Å². The highest BCUT2D eigenvalue weighted by Crippen LogP contribution is 2.24. The molecule has 0 aliphatic rings. The lowest BCUT2D eigenvalue weighted by Gasteiger charge is -2.11. The molecule has 0 aliphatic heterocycles. The molecule has 164 valence electrons. The van der Waals surface area contributed by atoms with E-state index >= 15 is 0 Å². The number of aryl methyl sites for hydroxylation is 1. The minimum absolute atomic E-state index is 0.00450. The van der Waals surface area contributed by atoms with Crippen molar-refractivity contribution in [2.24, 2.45) is 0 Å². The molecule has 3 N–H and O–H groups in total. The summed E-state index contributed by atoms with van der Waals surface area (Å²) in [6, 6.07) is 5.53. The lowest BCUT2D eigenvalue weighted by Crippen LogP contribution is -2.21. The lowest BCUT2D eigenvalue weighted by atomic mass is 10.3. The number of rotatable bonds is 8. The van der Waals surface area contributed by atoms with Crippen molar-refractivity contribution in [3.63, 3.8) is 0 Å². The third-order valence-corrected chi connectivity index (χ3v) is 4.45. The van der Waals surface area contributed by atoms with Crippen LogP contribution < -0.4 is 20.7 Å². The predicted octanol–water partition coefficient (Wildman–Crippen LogP) is 3.17. The van der Waals surface area contributed by atoms with Gasteiger partial charge in [-0.25, -0.2) is 18.2 Å². The van der Waals surface area contributed by atoms with E-state index in [1.165, 1.54) is 12.1 Å². The molecule has 0 atom stereocenters. The summed E-state index contributed by atoms with van der Waals surface area (Å²) in [5, 5.41) is 7.81.